The maximum Gasteiger partial charge on any atom is 0.336 e. The molecule has 0 atom stereocenters. The van der Waals surface area contributed by atoms with Gasteiger partial charge in [-0.2, -0.15) is 0 Å². The van der Waals surface area contributed by atoms with E-state index in [4.69, 9.17) is 13.9 Å². The lowest BCUT2D eigenvalue weighted by atomic mass is 9.96. The van der Waals surface area contributed by atoms with Gasteiger partial charge in [-0.05, 0) is 67.3 Å². The SMILES string of the molecule is COc1ccc(-c2cc(=O)oc3c(C)c4c(cc23)CN(c2cc(C)ccc2C)CO4)cc1. The predicted molar refractivity (Wildman–Crippen MR) is 127 cm³/mol. The molecule has 0 saturated heterocycles. The average molecular weight is 428 g/mol. The quantitative estimate of drug-likeness (QED) is 0.390. The van der Waals surface area contributed by atoms with E-state index in [2.05, 4.69) is 43.0 Å². The summed E-state index contributed by atoms with van der Waals surface area (Å²) in [4.78, 5) is 14.6. The summed E-state index contributed by atoms with van der Waals surface area (Å²) in [6.07, 6.45) is 0. The molecule has 4 aromatic rings. The van der Waals surface area contributed by atoms with E-state index in [-0.39, 0.29) is 5.63 Å². The minimum absolute atomic E-state index is 0.376. The highest BCUT2D eigenvalue weighted by Gasteiger charge is 2.24. The van der Waals surface area contributed by atoms with Crippen molar-refractivity contribution in [1.29, 1.82) is 0 Å². The first-order valence-electron chi connectivity index (χ1n) is 10.6. The van der Waals surface area contributed by atoms with E-state index in [0.29, 0.717) is 12.3 Å². The fourth-order valence-corrected chi connectivity index (χ4v) is 4.44. The zero-order valence-electron chi connectivity index (χ0n) is 18.7. The van der Waals surface area contributed by atoms with Gasteiger partial charge in [-0.15, -0.1) is 0 Å². The molecule has 0 N–H and O–H groups in total. The van der Waals surface area contributed by atoms with Gasteiger partial charge < -0.3 is 18.8 Å². The van der Waals surface area contributed by atoms with E-state index in [0.717, 1.165) is 45.7 Å². The summed E-state index contributed by atoms with van der Waals surface area (Å²) in [7, 11) is 1.64. The molecular weight excluding hydrogens is 402 g/mol. The smallest absolute Gasteiger partial charge is 0.336 e. The third kappa shape index (κ3) is 3.40. The number of hydrogen-bond acceptors (Lipinski definition) is 5. The van der Waals surface area contributed by atoms with Crippen LogP contribution in [0.25, 0.3) is 22.1 Å². The lowest BCUT2D eigenvalue weighted by Crippen LogP contribution is -2.32. The van der Waals surface area contributed by atoms with Crippen LogP contribution in [0.15, 0.2) is 63.8 Å². The summed E-state index contributed by atoms with van der Waals surface area (Å²) < 4.78 is 17.1. The molecule has 2 heterocycles. The summed E-state index contributed by atoms with van der Waals surface area (Å²) in [6, 6.07) is 17.8. The fourth-order valence-electron chi connectivity index (χ4n) is 4.44. The van der Waals surface area contributed by atoms with Crippen LogP contribution in [0.2, 0.25) is 0 Å². The highest BCUT2D eigenvalue weighted by atomic mass is 16.5. The van der Waals surface area contributed by atoms with E-state index < -0.39 is 0 Å². The summed E-state index contributed by atoms with van der Waals surface area (Å²) in [5.74, 6) is 1.57. The van der Waals surface area contributed by atoms with E-state index in [1.54, 1.807) is 13.2 Å². The summed E-state index contributed by atoms with van der Waals surface area (Å²) in [5, 5.41) is 0.900. The molecular formula is C27H25NO4. The zero-order valence-corrected chi connectivity index (χ0v) is 18.7. The van der Waals surface area contributed by atoms with Crippen molar-refractivity contribution in [1.82, 2.24) is 0 Å². The highest BCUT2D eigenvalue weighted by molar-refractivity contribution is 5.96. The number of nitrogens with zero attached hydrogens (tertiary/aromatic N) is 1. The van der Waals surface area contributed by atoms with Gasteiger partial charge in [0.1, 0.15) is 17.1 Å². The Kier molecular flexibility index (Phi) is 4.89. The Morgan fingerprint density at radius 1 is 0.969 bits per heavy atom. The highest BCUT2D eigenvalue weighted by Crippen LogP contribution is 2.39. The van der Waals surface area contributed by atoms with Crippen molar-refractivity contribution in [2.24, 2.45) is 0 Å². The standard InChI is InChI=1S/C27H25NO4/c1-16-5-6-17(2)24(11-16)28-14-20-12-23-22(19-7-9-21(30-4)10-8-19)13-25(29)32-27(23)18(3)26(20)31-15-28/h5-13H,14-15H2,1-4H3. The van der Waals surface area contributed by atoms with Gasteiger partial charge in [0.25, 0.3) is 0 Å². The largest absolute Gasteiger partial charge is 0.497 e. The predicted octanol–water partition coefficient (Wildman–Crippen LogP) is 5.75. The molecule has 0 radical (unpaired) electrons. The molecule has 0 spiro atoms. The maximum atomic E-state index is 12.4. The molecule has 5 nitrogen and oxygen atoms in total. The number of anilines is 1. The topological polar surface area (TPSA) is 51.9 Å². The lowest BCUT2D eigenvalue weighted by molar-refractivity contribution is 0.287. The van der Waals surface area contributed by atoms with Crippen LogP contribution in [0.1, 0.15) is 22.3 Å². The number of hydrogen-bond donors (Lipinski definition) is 0. The molecule has 32 heavy (non-hydrogen) atoms. The Labute approximate surface area is 186 Å². The summed E-state index contributed by atoms with van der Waals surface area (Å²) in [6.45, 7) is 7.34. The molecule has 1 aliphatic rings. The molecule has 3 aromatic carbocycles. The molecule has 162 valence electrons. The fraction of sp³-hybridized carbons (Fsp3) is 0.222. The number of methoxy groups -OCH3 is 1. The van der Waals surface area contributed by atoms with Crippen molar-refractivity contribution >= 4 is 16.7 Å². The van der Waals surface area contributed by atoms with Crippen molar-refractivity contribution in [3.8, 4) is 22.6 Å². The second-order valence-electron chi connectivity index (χ2n) is 8.34. The minimum atomic E-state index is -0.376. The third-order valence-electron chi connectivity index (χ3n) is 6.12. The van der Waals surface area contributed by atoms with Gasteiger partial charge in [-0.3, -0.25) is 0 Å². The zero-order chi connectivity index (χ0) is 22.4. The van der Waals surface area contributed by atoms with E-state index in [1.807, 2.05) is 31.2 Å². The monoisotopic (exact) mass is 427 g/mol. The first kappa shape index (κ1) is 20.2. The van der Waals surface area contributed by atoms with Crippen molar-refractivity contribution in [2.45, 2.75) is 27.3 Å². The minimum Gasteiger partial charge on any atom is -0.497 e. The molecule has 0 unspecified atom stereocenters. The number of benzene rings is 3. The second kappa shape index (κ2) is 7.75. The van der Waals surface area contributed by atoms with Crippen LogP contribution in [0.5, 0.6) is 11.5 Å². The molecule has 0 amide bonds. The maximum absolute atomic E-state index is 12.4. The first-order chi connectivity index (χ1) is 15.4. The van der Waals surface area contributed by atoms with Gasteiger partial charge in [0.05, 0.1) is 7.11 Å². The molecule has 5 heteroatoms. The Balaban J connectivity index is 1.65. The Hall–Kier alpha value is -3.73. The van der Waals surface area contributed by atoms with Gasteiger partial charge in [0, 0.05) is 34.8 Å². The van der Waals surface area contributed by atoms with Gasteiger partial charge in [-0.25, -0.2) is 4.79 Å². The van der Waals surface area contributed by atoms with Crippen LogP contribution >= 0.6 is 0 Å². The van der Waals surface area contributed by atoms with E-state index in [9.17, 15) is 4.79 Å². The third-order valence-corrected chi connectivity index (χ3v) is 6.12. The number of fused-ring (bicyclic) bond motifs is 2. The number of ether oxygens (including phenoxy) is 2. The molecule has 0 saturated carbocycles. The van der Waals surface area contributed by atoms with Crippen molar-refractivity contribution in [3.05, 3.63) is 87.3 Å². The van der Waals surface area contributed by atoms with E-state index >= 15 is 0 Å². The van der Waals surface area contributed by atoms with Crippen molar-refractivity contribution in [2.75, 3.05) is 18.7 Å². The Morgan fingerprint density at radius 3 is 2.50 bits per heavy atom. The summed E-state index contributed by atoms with van der Waals surface area (Å²) in [5.41, 5.74) is 7.50. The van der Waals surface area contributed by atoms with Crippen LogP contribution in [-0.4, -0.2) is 13.8 Å². The molecule has 1 aliphatic heterocycles. The van der Waals surface area contributed by atoms with Crippen LogP contribution in [0.4, 0.5) is 5.69 Å². The molecule has 0 fully saturated rings. The van der Waals surface area contributed by atoms with Crippen LogP contribution < -0.4 is 20.0 Å². The van der Waals surface area contributed by atoms with Gasteiger partial charge in [-0.1, -0.05) is 24.3 Å². The Morgan fingerprint density at radius 2 is 1.75 bits per heavy atom. The first-order valence-corrected chi connectivity index (χ1v) is 10.6. The molecule has 0 aliphatic carbocycles. The second-order valence-corrected chi connectivity index (χ2v) is 8.34. The van der Waals surface area contributed by atoms with Crippen LogP contribution in [0.3, 0.4) is 0 Å². The molecule has 0 bridgehead atoms. The van der Waals surface area contributed by atoms with Gasteiger partial charge in [0.2, 0.25) is 0 Å². The van der Waals surface area contributed by atoms with Crippen LogP contribution in [0, 0.1) is 20.8 Å². The summed E-state index contributed by atoms with van der Waals surface area (Å²) >= 11 is 0. The molecule has 1 aromatic heterocycles. The lowest BCUT2D eigenvalue weighted by Gasteiger charge is -2.33. The van der Waals surface area contributed by atoms with Gasteiger partial charge in [0.15, 0.2) is 6.73 Å². The average Bonchev–Trinajstić information content (AvgIpc) is 2.80. The van der Waals surface area contributed by atoms with E-state index in [1.165, 1.54) is 16.8 Å². The normalized spacial score (nSPS) is 13.1. The van der Waals surface area contributed by atoms with Crippen molar-refractivity contribution in [3.63, 3.8) is 0 Å². The number of aryl methyl sites for hydroxylation is 3. The number of rotatable bonds is 3. The molecule has 5 rings (SSSR count). The van der Waals surface area contributed by atoms with Crippen molar-refractivity contribution < 1.29 is 13.9 Å². The van der Waals surface area contributed by atoms with Gasteiger partial charge >= 0.3 is 5.63 Å². The van der Waals surface area contributed by atoms with Crippen LogP contribution in [-0.2, 0) is 6.54 Å². The Bertz CT molecular complexity index is 1390.